The lowest BCUT2D eigenvalue weighted by Crippen LogP contribution is -2.38. The summed E-state index contributed by atoms with van der Waals surface area (Å²) in [6.45, 7) is -0.536. The highest BCUT2D eigenvalue weighted by molar-refractivity contribution is 6.37. The number of carbonyl (C=O) groups excluding carboxylic acids is 3. The standard InChI is InChI=1S/C25H16Cl4FN3O4/c26-15-6-5-14(16(27)10-15)12-37-23-17(28)7-13(8-18(23)29)9-21-24(35)33(25(36)32-21)11-22(34)31-20-4-2-1-3-19(20)30/h1-10H,11-12H2,(H,31,34)(H,32,36)/b21-9+. The number of amides is 4. The summed E-state index contributed by atoms with van der Waals surface area (Å²) >= 11 is 24.8. The summed E-state index contributed by atoms with van der Waals surface area (Å²) in [6, 6.07) is 12.7. The fourth-order valence-corrected chi connectivity index (χ4v) is 4.44. The highest BCUT2D eigenvalue weighted by atomic mass is 35.5. The Morgan fingerprint density at radius 3 is 2.38 bits per heavy atom. The summed E-state index contributed by atoms with van der Waals surface area (Å²) < 4.78 is 19.5. The average Bonchev–Trinajstić information content (AvgIpc) is 3.08. The third kappa shape index (κ3) is 6.34. The molecule has 0 aliphatic carbocycles. The molecule has 0 radical (unpaired) electrons. The Labute approximate surface area is 230 Å². The average molecular weight is 583 g/mol. The van der Waals surface area contributed by atoms with Crippen molar-refractivity contribution in [3.63, 3.8) is 0 Å². The van der Waals surface area contributed by atoms with E-state index < -0.39 is 30.2 Å². The molecule has 0 bridgehead atoms. The maximum atomic E-state index is 13.8. The molecule has 12 heteroatoms. The highest BCUT2D eigenvalue weighted by Gasteiger charge is 2.35. The minimum atomic E-state index is -0.808. The van der Waals surface area contributed by atoms with Gasteiger partial charge in [0.05, 0.1) is 15.7 Å². The second kappa shape index (κ2) is 11.4. The smallest absolute Gasteiger partial charge is 0.329 e. The summed E-state index contributed by atoms with van der Waals surface area (Å²) in [5.41, 5.74) is 0.897. The Morgan fingerprint density at radius 1 is 1.00 bits per heavy atom. The van der Waals surface area contributed by atoms with E-state index >= 15 is 0 Å². The van der Waals surface area contributed by atoms with Crippen LogP contribution >= 0.6 is 46.4 Å². The summed E-state index contributed by atoms with van der Waals surface area (Å²) in [5, 5.41) is 5.93. The molecular formula is C25H16Cl4FN3O4. The van der Waals surface area contributed by atoms with Crippen molar-refractivity contribution >= 4 is 76.0 Å². The first-order chi connectivity index (χ1) is 17.6. The van der Waals surface area contributed by atoms with Crippen LogP contribution in [-0.2, 0) is 16.2 Å². The molecular weight excluding hydrogens is 567 g/mol. The van der Waals surface area contributed by atoms with Crippen LogP contribution in [0.2, 0.25) is 20.1 Å². The molecule has 0 unspecified atom stereocenters. The van der Waals surface area contributed by atoms with Crippen molar-refractivity contribution in [3.8, 4) is 5.75 Å². The zero-order valence-corrected chi connectivity index (χ0v) is 21.7. The maximum absolute atomic E-state index is 13.8. The minimum Gasteiger partial charge on any atom is -0.486 e. The van der Waals surface area contributed by atoms with Gasteiger partial charge in [0, 0.05) is 15.6 Å². The van der Waals surface area contributed by atoms with Crippen molar-refractivity contribution < 1.29 is 23.5 Å². The molecule has 1 aliphatic rings. The zero-order valence-electron chi connectivity index (χ0n) is 18.7. The molecule has 3 aromatic rings. The molecule has 7 nitrogen and oxygen atoms in total. The number of nitrogens with zero attached hydrogens (tertiary/aromatic N) is 1. The third-order valence-corrected chi connectivity index (χ3v) is 6.28. The summed E-state index contributed by atoms with van der Waals surface area (Å²) in [5.74, 6) is -1.95. The molecule has 4 amide bonds. The number of benzene rings is 3. The van der Waals surface area contributed by atoms with Crippen molar-refractivity contribution in [1.29, 1.82) is 0 Å². The summed E-state index contributed by atoms with van der Waals surface area (Å²) in [7, 11) is 0. The van der Waals surface area contributed by atoms with Crippen LogP contribution in [0.4, 0.5) is 14.9 Å². The van der Waals surface area contributed by atoms with Gasteiger partial charge in [-0.2, -0.15) is 0 Å². The van der Waals surface area contributed by atoms with Crippen LogP contribution in [0.1, 0.15) is 11.1 Å². The van der Waals surface area contributed by atoms with E-state index in [0.29, 0.717) is 26.1 Å². The van der Waals surface area contributed by atoms with Crippen LogP contribution in [0.25, 0.3) is 6.08 Å². The number of halogens is 5. The van der Waals surface area contributed by atoms with Gasteiger partial charge in [-0.15, -0.1) is 0 Å². The van der Waals surface area contributed by atoms with E-state index in [-0.39, 0.29) is 33.8 Å². The van der Waals surface area contributed by atoms with Crippen LogP contribution in [0.5, 0.6) is 5.75 Å². The summed E-state index contributed by atoms with van der Waals surface area (Å²) in [4.78, 5) is 38.0. The van der Waals surface area contributed by atoms with Gasteiger partial charge in [0.25, 0.3) is 5.91 Å². The van der Waals surface area contributed by atoms with Gasteiger partial charge < -0.3 is 15.4 Å². The molecule has 4 rings (SSSR count). The predicted octanol–water partition coefficient (Wildman–Crippen LogP) is 6.55. The number of nitrogens with one attached hydrogen (secondary N) is 2. The predicted molar refractivity (Wildman–Crippen MR) is 141 cm³/mol. The molecule has 190 valence electrons. The molecule has 0 atom stereocenters. The van der Waals surface area contributed by atoms with Crippen molar-refractivity contribution in [1.82, 2.24) is 10.2 Å². The first kappa shape index (κ1) is 26.8. The molecule has 1 fully saturated rings. The molecule has 3 aromatic carbocycles. The number of urea groups is 1. The van der Waals surface area contributed by atoms with E-state index in [4.69, 9.17) is 51.1 Å². The van der Waals surface area contributed by atoms with E-state index in [1.54, 1.807) is 18.2 Å². The van der Waals surface area contributed by atoms with Crippen molar-refractivity contribution in [2.75, 3.05) is 11.9 Å². The number of anilines is 1. The number of imide groups is 1. The Kier molecular flexibility index (Phi) is 8.24. The Morgan fingerprint density at radius 2 is 1.70 bits per heavy atom. The number of hydrogen-bond donors (Lipinski definition) is 2. The largest absolute Gasteiger partial charge is 0.486 e. The van der Waals surface area contributed by atoms with Gasteiger partial charge >= 0.3 is 6.03 Å². The van der Waals surface area contributed by atoms with Crippen molar-refractivity contribution in [2.24, 2.45) is 0 Å². The first-order valence-corrected chi connectivity index (χ1v) is 12.1. The van der Waals surface area contributed by atoms with Gasteiger partial charge in [0.2, 0.25) is 5.91 Å². The fraction of sp³-hybridized carbons (Fsp3) is 0.0800. The number of ether oxygens (including phenoxy) is 1. The van der Waals surface area contributed by atoms with Crippen LogP contribution in [0.15, 0.2) is 60.3 Å². The van der Waals surface area contributed by atoms with Gasteiger partial charge in [-0.3, -0.25) is 9.59 Å². The highest BCUT2D eigenvalue weighted by Crippen LogP contribution is 2.36. The zero-order chi connectivity index (χ0) is 26.7. The molecule has 37 heavy (non-hydrogen) atoms. The Bertz CT molecular complexity index is 1420. The van der Waals surface area contributed by atoms with Gasteiger partial charge in [0.15, 0.2) is 5.75 Å². The van der Waals surface area contributed by atoms with Crippen molar-refractivity contribution in [3.05, 3.63) is 97.3 Å². The van der Waals surface area contributed by atoms with E-state index in [1.165, 1.54) is 42.5 Å². The lowest BCUT2D eigenvalue weighted by molar-refractivity contribution is -0.127. The van der Waals surface area contributed by atoms with Crippen LogP contribution in [-0.4, -0.2) is 29.3 Å². The third-order valence-electron chi connectivity index (χ3n) is 5.13. The summed E-state index contributed by atoms with van der Waals surface area (Å²) in [6.07, 6.45) is 1.35. The molecule has 0 aromatic heterocycles. The molecule has 0 spiro atoms. The molecule has 1 saturated heterocycles. The Balaban J connectivity index is 1.45. The van der Waals surface area contributed by atoms with Crippen LogP contribution in [0, 0.1) is 5.82 Å². The maximum Gasteiger partial charge on any atom is 0.329 e. The normalized spacial score (nSPS) is 14.2. The van der Waals surface area contributed by atoms with Gasteiger partial charge in [-0.05, 0) is 48.0 Å². The van der Waals surface area contributed by atoms with Crippen LogP contribution < -0.4 is 15.4 Å². The van der Waals surface area contributed by atoms with E-state index in [0.717, 1.165) is 0 Å². The fourth-order valence-electron chi connectivity index (χ4n) is 3.37. The number of carbonyl (C=O) groups is 3. The van der Waals surface area contributed by atoms with E-state index in [1.807, 2.05) is 0 Å². The quantitative estimate of drug-likeness (QED) is 0.244. The lowest BCUT2D eigenvalue weighted by Gasteiger charge is -2.12. The molecule has 1 aliphatic heterocycles. The SMILES string of the molecule is O=C(CN1C(=O)N/C(=C/c2cc(Cl)c(OCc3ccc(Cl)cc3Cl)c(Cl)c2)C1=O)Nc1ccccc1F. The minimum absolute atomic E-state index is 0.0692. The van der Waals surface area contributed by atoms with E-state index in [9.17, 15) is 18.8 Å². The van der Waals surface area contributed by atoms with Gasteiger partial charge in [-0.25, -0.2) is 14.1 Å². The van der Waals surface area contributed by atoms with Gasteiger partial charge in [-0.1, -0.05) is 64.6 Å². The Hall–Kier alpha value is -3.30. The number of hydrogen-bond acceptors (Lipinski definition) is 4. The second-order valence-electron chi connectivity index (χ2n) is 7.75. The molecule has 0 saturated carbocycles. The topological polar surface area (TPSA) is 87.7 Å². The van der Waals surface area contributed by atoms with Crippen molar-refractivity contribution in [2.45, 2.75) is 6.61 Å². The van der Waals surface area contributed by atoms with Crippen LogP contribution in [0.3, 0.4) is 0 Å². The van der Waals surface area contributed by atoms with Gasteiger partial charge in [0.1, 0.15) is 24.7 Å². The van der Waals surface area contributed by atoms with E-state index in [2.05, 4.69) is 10.6 Å². The first-order valence-electron chi connectivity index (χ1n) is 10.6. The number of rotatable bonds is 7. The second-order valence-corrected chi connectivity index (χ2v) is 9.40. The monoisotopic (exact) mass is 581 g/mol. The molecule has 1 heterocycles. The number of para-hydroxylation sites is 1. The molecule has 2 N–H and O–H groups in total. The lowest BCUT2D eigenvalue weighted by atomic mass is 10.1.